The maximum Gasteiger partial charge on any atom is 0.339 e. The van der Waals surface area contributed by atoms with Crippen molar-refractivity contribution in [1.82, 2.24) is 0 Å². The number of ether oxygens (including phenoxy) is 1. The lowest BCUT2D eigenvalue weighted by Gasteiger charge is -2.11. The number of rotatable bonds is 4. The monoisotopic (exact) mass is 273 g/mol. The zero-order valence-corrected chi connectivity index (χ0v) is 11.0. The number of hydrogen-bond acceptors (Lipinski definition) is 5. The SMILES string of the molecule is COC(=O)c1ccccc1NCc1cc(O)ccc1O. The Labute approximate surface area is 116 Å². The number of carbonyl (C=O) groups excluding carboxylic acids is 1. The Morgan fingerprint density at radius 1 is 1.20 bits per heavy atom. The summed E-state index contributed by atoms with van der Waals surface area (Å²) in [4.78, 5) is 11.6. The van der Waals surface area contributed by atoms with Gasteiger partial charge in [-0.05, 0) is 30.3 Å². The van der Waals surface area contributed by atoms with Crippen LogP contribution in [0.1, 0.15) is 15.9 Å². The van der Waals surface area contributed by atoms with Gasteiger partial charge in [-0.2, -0.15) is 0 Å². The predicted molar refractivity (Wildman–Crippen MR) is 74.9 cm³/mol. The molecule has 0 atom stereocenters. The Hall–Kier alpha value is -2.69. The molecule has 3 N–H and O–H groups in total. The molecule has 0 spiro atoms. The number of aromatic hydroxyl groups is 2. The summed E-state index contributed by atoms with van der Waals surface area (Å²) in [5, 5.41) is 22.1. The van der Waals surface area contributed by atoms with Crippen LogP contribution < -0.4 is 5.32 Å². The van der Waals surface area contributed by atoms with Crippen LogP contribution in [0.2, 0.25) is 0 Å². The van der Waals surface area contributed by atoms with E-state index >= 15 is 0 Å². The maximum absolute atomic E-state index is 11.6. The third-order valence-electron chi connectivity index (χ3n) is 2.86. The number of carbonyl (C=O) groups is 1. The van der Waals surface area contributed by atoms with Gasteiger partial charge in [-0.15, -0.1) is 0 Å². The second-order valence-electron chi connectivity index (χ2n) is 4.20. The third-order valence-corrected chi connectivity index (χ3v) is 2.86. The van der Waals surface area contributed by atoms with Crippen molar-refractivity contribution in [1.29, 1.82) is 0 Å². The van der Waals surface area contributed by atoms with Gasteiger partial charge < -0.3 is 20.3 Å². The summed E-state index contributed by atoms with van der Waals surface area (Å²) in [5.74, 6) is -0.292. The van der Waals surface area contributed by atoms with Crippen LogP contribution in [-0.4, -0.2) is 23.3 Å². The summed E-state index contributed by atoms with van der Waals surface area (Å²) in [6.07, 6.45) is 0. The van der Waals surface area contributed by atoms with Crippen LogP contribution in [0.5, 0.6) is 11.5 Å². The van der Waals surface area contributed by atoms with Crippen molar-refractivity contribution in [2.24, 2.45) is 0 Å². The van der Waals surface area contributed by atoms with Crippen LogP contribution >= 0.6 is 0 Å². The van der Waals surface area contributed by atoms with E-state index in [1.54, 1.807) is 24.3 Å². The number of methoxy groups -OCH3 is 1. The van der Waals surface area contributed by atoms with Gasteiger partial charge in [-0.1, -0.05) is 12.1 Å². The predicted octanol–water partition coefficient (Wildman–Crippen LogP) is 2.50. The van der Waals surface area contributed by atoms with Crippen molar-refractivity contribution in [3.05, 3.63) is 53.6 Å². The summed E-state index contributed by atoms with van der Waals surface area (Å²) in [6, 6.07) is 11.2. The smallest absolute Gasteiger partial charge is 0.339 e. The molecule has 5 nitrogen and oxygen atoms in total. The number of anilines is 1. The number of para-hydroxylation sites is 1. The molecule has 0 saturated carbocycles. The number of benzene rings is 2. The molecule has 2 aromatic rings. The minimum absolute atomic E-state index is 0.0702. The van der Waals surface area contributed by atoms with Gasteiger partial charge in [0.05, 0.1) is 12.7 Å². The largest absolute Gasteiger partial charge is 0.508 e. The Morgan fingerprint density at radius 2 is 1.95 bits per heavy atom. The van der Waals surface area contributed by atoms with E-state index in [2.05, 4.69) is 5.32 Å². The fourth-order valence-corrected chi connectivity index (χ4v) is 1.83. The lowest BCUT2D eigenvalue weighted by Crippen LogP contribution is -2.08. The maximum atomic E-state index is 11.6. The molecule has 0 saturated heterocycles. The quantitative estimate of drug-likeness (QED) is 0.589. The molecular weight excluding hydrogens is 258 g/mol. The first-order valence-electron chi connectivity index (χ1n) is 6.04. The molecule has 0 aliphatic rings. The van der Waals surface area contributed by atoms with Crippen LogP contribution in [0.3, 0.4) is 0 Å². The standard InChI is InChI=1S/C15H15NO4/c1-20-15(19)12-4-2-3-5-13(12)16-9-10-8-11(17)6-7-14(10)18/h2-8,16-18H,9H2,1H3. The molecule has 0 aromatic heterocycles. The van der Waals surface area contributed by atoms with Crippen molar-refractivity contribution in [3.8, 4) is 11.5 Å². The minimum Gasteiger partial charge on any atom is -0.508 e. The number of nitrogens with one attached hydrogen (secondary N) is 1. The van der Waals surface area contributed by atoms with E-state index in [1.165, 1.54) is 25.3 Å². The third kappa shape index (κ3) is 3.00. The van der Waals surface area contributed by atoms with Gasteiger partial charge in [0.25, 0.3) is 0 Å². The fourth-order valence-electron chi connectivity index (χ4n) is 1.83. The zero-order valence-electron chi connectivity index (χ0n) is 11.0. The van der Waals surface area contributed by atoms with E-state index in [0.29, 0.717) is 16.8 Å². The Morgan fingerprint density at radius 3 is 2.70 bits per heavy atom. The minimum atomic E-state index is -0.437. The van der Waals surface area contributed by atoms with Crippen molar-refractivity contribution in [2.75, 3.05) is 12.4 Å². The fraction of sp³-hybridized carbons (Fsp3) is 0.133. The van der Waals surface area contributed by atoms with Crippen LogP contribution in [0, 0.1) is 0 Å². The van der Waals surface area contributed by atoms with Gasteiger partial charge >= 0.3 is 5.97 Å². The molecule has 104 valence electrons. The van der Waals surface area contributed by atoms with E-state index < -0.39 is 5.97 Å². The van der Waals surface area contributed by atoms with Gasteiger partial charge in [-0.3, -0.25) is 0 Å². The number of phenolic OH excluding ortho intramolecular Hbond substituents is 2. The molecular formula is C15H15NO4. The Bertz CT molecular complexity index is 625. The van der Waals surface area contributed by atoms with Crippen molar-refractivity contribution in [3.63, 3.8) is 0 Å². The van der Waals surface area contributed by atoms with Crippen molar-refractivity contribution in [2.45, 2.75) is 6.54 Å². The van der Waals surface area contributed by atoms with Gasteiger partial charge in [0.1, 0.15) is 11.5 Å². The highest BCUT2D eigenvalue weighted by atomic mass is 16.5. The van der Waals surface area contributed by atoms with Crippen LogP contribution in [0.15, 0.2) is 42.5 Å². The van der Waals surface area contributed by atoms with Crippen LogP contribution in [0.4, 0.5) is 5.69 Å². The number of esters is 1. The average molecular weight is 273 g/mol. The van der Waals surface area contributed by atoms with E-state index in [-0.39, 0.29) is 18.0 Å². The van der Waals surface area contributed by atoms with Crippen LogP contribution in [0.25, 0.3) is 0 Å². The lowest BCUT2D eigenvalue weighted by molar-refractivity contribution is 0.0602. The first-order valence-corrected chi connectivity index (χ1v) is 6.04. The van der Waals surface area contributed by atoms with E-state index in [1.807, 2.05) is 0 Å². The number of hydrogen-bond donors (Lipinski definition) is 3. The summed E-state index contributed by atoms with van der Waals surface area (Å²) in [7, 11) is 1.32. The molecule has 2 rings (SSSR count). The van der Waals surface area contributed by atoms with E-state index in [4.69, 9.17) is 4.74 Å². The van der Waals surface area contributed by atoms with E-state index in [9.17, 15) is 15.0 Å². The normalized spacial score (nSPS) is 10.1. The second kappa shape index (κ2) is 5.97. The zero-order chi connectivity index (χ0) is 14.5. The molecule has 0 aliphatic carbocycles. The molecule has 0 amide bonds. The molecule has 0 aliphatic heterocycles. The highest BCUT2D eigenvalue weighted by Gasteiger charge is 2.11. The molecule has 2 aromatic carbocycles. The van der Waals surface area contributed by atoms with Gasteiger partial charge in [0.15, 0.2) is 0 Å². The van der Waals surface area contributed by atoms with Crippen molar-refractivity contribution >= 4 is 11.7 Å². The van der Waals surface area contributed by atoms with Crippen LogP contribution in [-0.2, 0) is 11.3 Å². The molecule has 0 heterocycles. The number of phenols is 2. The Kier molecular flexibility index (Phi) is 4.10. The summed E-state index contributed by atoms with van der Waals surface area (Å²) >= 11 is 0. The van der Waals surface area contributed by atoms with Gasteiger partial charge in [0, 0.05) is 17.8 Å². The topological polar surface area (TPSA) is 78.8 Å². The first-order chi connectivity index (χ1) is 9.61. The molecule has 0 bridgehead atoms. The summed E-state index contributed by atoms with van der Waals surface area (Å²) < 4.78 is 4.70. The molecule has 0 fully saturated rings. The van der Waals surface area contributed by atoms with Crippen molar-refractivity contribution < 1.29 is 19.7 Å². The Balaban J connectivity index is 2.19. The molecule has 5 heteroatoms. The first kappa shape index (κ1) is 13.7. The highest BCUT2D eigenvalue weighted by Crippen LogP contribution is 2.24. The molecule has 20 heavy (non-hydrogen) atoms. The van der Waals surface area contributed by atoms with Gasteiger partial charge in [0.2, 0.25) is 0 Å². The molecule has 0 unspecified atom stereocenters. The van der Waals surface area contributed by atoms with Gasteiger partial charge in [-0.25, -0.2) is 4.79 Å². The molecule has 0 radical (unpaired) electrons. The second-order valence-corrected chi connectivity index (χ2v) is 4.20. The lowest BCUT2D eigenvalue weighted by atomic mass is 10.1. The highest BCUT2D eigenvalue weighted by molar-refractivity contribution is 5.95. The summed E-state index contributed by atoms with van der Waals surface area (Å²) in [5.41, 5.74) is 1.54. The van der Waals surface area contributed by atoms with E-state index in [0.717, 1.165) is 0 Å². The average Bonchev–Trinajstić information content (AvgIpc) is 2.47. The summed E-state index contributed by atoms with van der Waals surface area (Å²) in [6.45, 7) is 0.272.